The van der Waals surface area contributed by atoms with Gasteiger partial charge in [-0.1, -0.05) is 6.42 Å². The van der Waals surface area contributed by atoms with Crippen molar-refractivity contribution in [2.75, 3.05) is 7.11 Å². The van der Waals surface area contributed by atoms with Crippen LogP contribution in [0.2, 0.25) is 0 Å². The van der Waals surface area contributed by atoms with E-state index in [2.05, 4.69) is 0 Å². The number of aromatic carboxylic acids is 1. The van der Waals surface area contributed by atoms with Gasteiger partial charge in [-0.15, -0.1) is 0 Å². The van der Waals surface area contributed by atoms with Crippen LogP contribution in [0.25, 0.3) is 0 Å². The molecule has 2 atom stereocenters. The lowest BCUT2D eigenvalue weighted by molar-refractivity contribution is 0.0695. The minimum atomic E-state index is -0.885. The highest BCUT2D eigenvalue weighted by Crippen LogP contribution is 2.50. The third-order valence-electron chi connectivity index (χ3n) is 3.95. The van der Waals surface area contributed by atoms with E-state index in [1.165, 1.54) is 0 Å². The van der Waals surface area contributed by atoms with Crippen molar-refractivity contribution in [2.45, 2.75) is 37.7 Å². The standard InChI is InChI=1S/C14H16O4/c1-17-11-7-6-9(14(15)16)12-8-4-2-3-5-10(8)18-13(11)12/h6-8,10H,2-5H2,1H3,(H,15,16). The molecule has 96 valence electrons. The van der Waals surface area contributed by atoms with E-state index in [9.17, 15) is 9.90 Å². The first-order chi connectivity index (χ1) is 8.72. The highest BCUT2D eigenvalue weighted by molar-refractivity contribution is 5.91. The Morgan fingerprint density at radius 2 is 2.17 bits per heavy atom. The van der Waals surface area contributed by atoms with Gasteiger partial charge in [-0.3, -0.25) is 0 Å². The predicted molar refractivity (Wildman–Crippen MR) is 65.6 cm³/mol. The number of ether oxygens (including phenoxy) is 2. The van der Waals surface area contributed by atoms with Gasteiger partial charge in [0.25, 0.3) is 0 Å². The van der Waals surface area contributed by atoms with Crippen molar-refractivity contribution in [2.24, 2.45) is 0 Å². The molecule has 0 bridgehead atoms. The Kier molecular flexibility index (Phi) is 2.65. The van der Waals surface area contributed by atoms with Crippen LogP contribution >= 0.6 is 0 Å². The maximum atomic E-state index is 11.3. The van der Waals surface area contributed by atoms with Gasteiger partial charge in [0.15, 0.2) is 11.5 Å². The molecule has 1 heterocycles. The molecule has 0 amide bonds. The first-order valence-electron chi connectivity index (χ1n) is 6.33. The number of carbonyl (C=O) groups is 1. The van der Waals surface area contributed by atoms with E-state index in [4.69, 9.17) is 9.47 Å². The zero-order valence-electron chi connectivity index (χ0n) is 10.3. The van der Waals surface area contributed by atoms with Gasteiger partial charge in [0.2, 0.25) is 0 Å². The molecule has 0 spiro atoms. The largest absolute Gasteiger partial charge is 0.493 e. The predicted octanol–water partition coefficient (Wildman–Crippen LogP) is 2.81. The Bertz CT molecular complexity index is 495. The number of benzene rings is 1. The summed E-state index contributed by atoms with van der Waals surface area (Å²) in [6.45, 7) is 0. The lowest BCUT2D eigenvalue weighted by Crippen LogP contribution is -2.23. The number of carboxylic acids is 1. The SMILES string of the molecule is COc1ccc(C(=O)O)c2c1OC1CCCCC21. The fourth-order valence-corrected chi connectivity index (χ4v) is 3.14. The molecule has 1 fully saturated rings. The molecule has 2 unspecified atom stereocenters. The second-order valence-corrected chi connectivity index (χ2v) is 4.91. The van der Waals surface area contributed by atoms with Gasteiger partial charge in [0.05, 0.1) is 12.7 Å². The fourth-order valence-electron chi connectivity index (χ4n) is 3.14. The number of hydrogen-bond acceptors (Lipinski definition) is 3. The zero-order valence-corrected chi connectivity index (χ0v) is 10.3. The summed E-state index contributed by atoms with van der Waals surface area (Å²) in [5, 5.41) is 9.31. The Labute approximate surface area is 106 Å². The van der Waals surface area contributed by atoms with E-state index in [0.29, 0.717) is 17.1 Å². The van der Waals surface area contributed by atoms with Gasteiger partial charge in [-0.2, -0.15) is 0 Å². The normalized spacial score (nSPS) is 24.9. The van der Waals surface area contributed by atoms with Crippen LogP contribution in [-0.2, 0) is 0 Å². The summed E-state index contributed by atoms with van der Waals surface area (Å²) in [7, 11) is 1.58. The van der Waals surface area contributed by atoms with E-state index in [1.54, 1.807) is 19.2 Å². The topological polar surface area (TPSA) is 55.8 Å². The highest BCUT2D eigenvalue weighted by atomic mass is 16.5. The average molecular weight is 248 g/mol. The smallest absolute Gasteiger partial charge is 0.336 e. The molecule has 3 rings (SSSR count). The molecule has 1 saturated carbocycles. The van der Waals surface area contributed by atoms with Crippen LogP contribution in [0.5, 0.6) is 11.5 Å². The lowest BCUT2D eigenvalue weighted by atomic mass is 9.81. The van der Waals surface area contributed by atoms with Crippen molar-refractivity contribution in [3.8, 4) is 11.5 Å². The quantitative estimate of drug-likeness (QED) is 0.874. The molecule has 1 aromatic rings. The molecule has 0 saturated heterocycles. The van der Waals surface area contributed by atoms with E-state index in [-0.39, 0.29) is 12.0 Å². The highest BCUT2D eigenvalue weighted by Gasteiger charge is 2.40. The fraction of sp³-hybridized carbons (Fsp3) is 0.500. The summed E-state index contributed by atoms with van der Waals surface area (Å²) in [5.74, 6) is 0.623. The Morgan fingerprint density at radius 3 is 2.89 bits per heavy atom. The van der Waals surface area contributed by atoms with Crippen LogP contribution in [0.3, 0.4) is 0 Å². The third kappa shape index (κ3) is 1.55. The van der Waals surface area contributed by atoms with Gasteiger partial charge < -0.3 is 14.6 Å². The van der Waals surface area contributed by atoms with Crippen LogP contribution in [0, 0.1) is 0 Å². The van der Waals surface area contributed by atoms with E-state index in [0.717, 1.165) is 31.2 Å². The van der Waals surface area contributed by atoms with Crippen molar-refractivity contribution >= 4 is 5.97 Å². The third-order valence-corrected chi connectivity index (χ3v) is 3.95. The summed E-state index contributed by atoms with van der Waals surface area (Å²) >= 11 is 0. The molecular formula is C14H16O4. The zero-order chi connectivity index (χ0) is 12.7. The van der Waals surface area contributed by atoms with E-state index < -0.39 is 5.97 Å². The summed E-state index contributed by atoms with van der Waals surface area (Å²) in [5.41, 5.74) is 1.20. The van der Waals surface area contributed by atoms with Gasteiger partial charge in [-0.05, 0) is 31.4 Å². The molecule has 1 aromatic carbocycles. The molecule has 4 nitrogen and oxygen atoms in total. The van der Waals surface area contributed by atoms with Crippen molar-refractivity contribution < 1.29 is 19.4 Å². The molecule has 1 N–H and O–H groups in total. The number of carboxylic acid groups (broad SMARTS) is 1. The van der Waals surface area contributed by atoms with Gasteiger partial charge in [0, 0.05) is 11.5 Å². The molecule has 1 aliphatic heterocycles. The van der Waals surface area contributed by atoms with Gasteiger partial charge in [-0.25, -0.2) is 4.79 Å². The number of methoxy groups -OCH3 is 1. The van der Waals surface area contributed by atoms with Crippen LogP contribution in [0.15, 0.2) is 12.1 Å². The number of fused-ring (bicyclic) bond motifs is 3. The molecule has 4 heteroatoms. The molecule has 1 aliphatic carbocycles. The Hall–Kier alpha value is -1.71. The summed E-state index contributed by atoms with van der Waals surface area (Å²) < 4.78 is 11.2. The second kappa shape index (κ2) is 4.19. The monoisotopic (exact) mass is 248 g/mol. The summed E-state index contributed by atoms with van der Waals surface area (Å²) in [6, 6.07) is 3.31. The van der Waals surface area contributed by atoms with Crippen LogP contribution < -0.4 is 9.47 Å². The second-order valence-electron chi connectivity index (χ2n) is 4.91. The number of rotatable bonds is 2. The van der Waals surface area contributed by atoms with Crippen molar-refractivity contribution in [3.63, 3.8) is 0 Å². The maximum Gasteiger partial charge on any atom is 0.336 e. The molecule has 0 radical (unpaired) electrons. The Morgan fingerprint density at radius 1 is 1.39 bits per heavy atom. The van der Waals surface area contributed by atoms with E-state index >= 15 is 0 Å². The Balaban J connectivity index is 2.14. The van der Waals surface area contributed by atoms with Gasteiger partial charge in [0.1, 0.15) is 6.10 Å². The molecule has 2 aliphatic rings. The first-order valence-corrected chi connectivity index (χ1v) is 6.33. The van der Waals surface area contributed by atoms with Crippen molar-refractivity contribution in [1.29, 1.82) is 0 Å². The minimum Gasteiger partial charge on any atom is -0.493 e. The van der Waals surface area contributed by atoms with Crippen molar-refractivity contribution in [1.82, 2.24) is 0 Å². The molecular weight excluding hydrogens is 232 g/mol. The number of hydrogen-bond donors (Lipinski definition) is 1. The minimum absolute atomic E-state index is 0.128. The molecule has 18 heavy (non-hydrogen) atoms. The van der Waals surface area contributed by atoms with Gasteiger partial charge >= 0.3 is 5.97 Å². The summed E-state index contributed by atoms with van der Waals surface area (Å²) in [6.07, 6.45) is 4.43. The summed E-state index contributed by atoms with van der Waals surface area (Å²) in [4.78, 5) is 11.3. The van der Waals surface area contributed by atoms with Crippen LogP contribution in [0.4, 0.5) is 0 Å². The van der Waals surface area contributed by atoms with E-state index in [1.807, 2.05) is 0 Å². The lowest BCUT2D eigenvalue weighted by Gasteiger charge is -2.24. The van der Waals surface area contributed by atoms with Crippen LogP contribution in [-0.4, -0.2) is 24.3 Å². The average Bonchev–Trinajstić information content (AvgIpc) is 2.76. The molecule has 0 aromatic heterocycles. The van der Waals surface area contributed by atoms with Crippen LogP contribution in [0.1, 0.15) is 47.5 Å². The van der Waals surface area contributed by atoms with Crippen molar-refractivity contribution in [3.05, 3.63) is 23.3 Å². The first kappa shape index (κ1) is 11.4. The maximum absolute atomic E-state index is 11.3.